The number of carbonyl (C=O) groups excluding carboxylic acids is 4. The quantitative estimate of drug-likeness (QED) is 0.341. The molecule has 0 radical (unpaired) electrons. The number of Topliss-reactive ketones (excluding diaryl/α,β-unsaturated/α-hetero) is 1. The molecule has 0 unspecified atom stereocenters. The lowest BCUT2D eigenvalue weighted by molar-refractivity contribution is -0.131. The molecule has 1 aliphatic carbocycles. The zero-order chi connectivity index (χ0) is 27.7. The normalized spacial score (nSPS) is 13.8. The number of amides is 3. The van der Waals surface area contributed by atoms with Crippen molar-refractivity contribution in [3.05, 3.63) is 59.7 Å². The van der Waals surface area contributed by atoms with Crippen molar-refractivity contribution in [3.8, 4) is 11.1 Å². The van der Waals surface area contributed by atoms with E-state index in [9.17, 15) is 19.2 Å². The summed E-state index contributed by atoms with van der Waals surface area (Å²) in [6.45, 7) is 6.11. The summed E-state index contributed by atoms with van der Waals surface area (Å²) in [5.74, 6) is -1.49. The van der Waals surface area contributed by atoms with Gasteiger partial charge in [-0.15, -0.1) is 0 Å². The van der Waals surface area contributed by atoms with Crippen molar-refractivity contribution in [1.82, 2.24) is 10.6 Å². The molecule has 0 bridgehead atoms. The molecule has 8 nitrogen and oxygen atoms in total. The van der Waals surface area contributed by atoms with E-state index >= 15 is 0 Å². The van der Waals surface area contributed by atoms with Crippen LogP contribution in [0, 0.1) is 11.8 Å². The second-order valence-corrected chi connectivity index (χ2v) is 10.3. The Morgan fingerprint density at radius 1 is 0.974 bits per heavy atom. The Labute approximate surface area is 224 Å². The first-order valence-corrected chi connectivity index (χ1v) is 13.4. The van der Waals surface area contributed by atoms with E-state index in [1.165, 1.54) is 0 Å². The molecule has 0 spiro atoms. The first-order chi connectivity index (χ1) is 18.2. The fraction of sp³-hybridized carbons (Fsp3) is 0.467. The Morgan fingerprint density at radius 2 is 1.58 bits per heavy atom. The zero-order valence-electron chi connectivity index (χ0n) is 22.5. The van der Waals surface area contributed by atoms with Gasteiger partial charge < -0.3 is 21.1 Å². The molecule has 0 heterocycles. The van der Waals surface area contributed by atoms with Gasteiger partial charge in [0.2, 0.25) is 11.8 Å². The number of hydrogen-bond acceptors (Lipinski definition) is 5. The summed E-state index contributed by atoms with van der Waals surface area (Å²) in [5, 5.41) is 5.45. The van der Waals surface area contributed by atoms with Crippen LogP contribution >= 0.6 is 0 Å². The Hall–Kier alpha value is -3.68. The summed E-state index contributed by atoms with van der Waals surface area (Å²) in [6.07, 6.45) is 0.972. The van der Waals surface area contributed by atoms with Crippen molar-refractivity contribution in [2.24, 2.45) is 17.6 Å². The van der Waals surface area contributed by atoms with Crippen LogP contribution in [-0.4, -0.2) is 42.9 Å². The monoisotopic (exact) mass is 521 g/mol. The molecule has 0 saturated heterocycles. The molecule has 8 heteroatoms. The third-order valence-corrected chi connectivity index (χ3v) is 6.85. The molecule has 3 rings (SSSR count). The summed E-state index contributed by atoms with van der Waals surface area (Å²) < 4.78 is 5.56. The second kappa shape index (κ2) is 13.7. The highest BCUT2D eigenvalue weighted by atomic mass is 16.5. The number of carbonyl (C=O) groups is 4. The molecular weight excluding hydrogens is 482 g/mol. The number of hydrogen-bond donors (Lipinski definition) is 3. The maximum atomic E-state index is 13.0. The van der Waals surface area contributed by atoms with Crippen LogP contribution in [0.4, 0.5) is 4.79 Å². The van der Waals surface area contributed by atoms with Crippen LogP contribution in [0.15, 0.2) is 48.5 Å². The smallest absolute Gasteiger partial charge is 0.407 e. The lowest BCUT2D eigenvalue weighted by atomic mass is 9.89. The van der Waals surface area contributed by atoms with Crippen molar-refractivity contribution in [1.29, 1.82) is 0 Å². The largest absolute Gasteiger partial charge is 0.449 e. The van der Waals surface area contributed by atoms with Crippen molar-refractivity contribution in [2.45, 2.75) is 64.8 Å². The van der Waals surface area contributed by atoms with Crippen molar-refractivity contribution < 1.29 is 23.9 Å². The first kappa shape index (κ1) is 28.9. The molecule has 2 atom stereocenters. The van der Waals surface area contributed by atoms with Gasteiger partial charge in [-0.25, -0.2) is 4.79 Å². The molecule has 4 N–H and O–H groups in total. The van der Waals surface area contributed by atoms with E-state index in [1.54, 1.807) is 0 Å². The predicted molar refractivity (Wildman–Crippen MR) is 146 cm³/mol. The van der Waals surface area contributed by atoms with Crippen LogP contribution in [0.3, 0.4) is 0 Å². The Balaban J connectivity index is 1.56. The average molecular weight is 522 g/mol. The maximum Gasteiger partial charge on any atom is 0.407 e. The molecule has 0 aliphatic heterocycles. The predicted octanol–water partition coefficient (Wildman–Crippen LogP) is 4.31. The molecule has 204 valence electrons. The third-order valence-electron chi connectivity index (χ3n) is 6.85. The number of nitrogens with one attached hydrogen (secondary N) is 2. The molecule has 3 amide bonds. The molecule has 2 aromatic rings. The third kappa shape index (κ3) is 7.66. The molecule has 0 aromatic heterocycles. The fourth-order valence-electron chi connectivity index (χ4n) is 5.03. The van der Waals surface area contributed by atoms with Crippen molar-refractivity contribution >= 4 is 23.7 Å². The van der Waals surface area contributed by atoms with Crippen molar-refractivity contribution in [2.75, 3.05) is 13.2 Å². The minimum Gasteiger partial charge on any atom is -0.449 e. The lowest BCUT2D eigenvalue weighted by Crippen LogP contribution is -2.44. The van der Waals surface area contributed by atoms with E-state index in [0.717, 1.165) is 22.3 Å². The number of benzene rings is 2. The van der Waals surface area contributed by atoms with Gasteiger partial charge in [0.25, 0.3) is 0 Å². The van der Waals surface area contributed by atoms with Gasteiger partial charge in [-0.05, 0) is 47.4 Å². The van der Waals surface area contributed by atoms with E-state index in [2.05, 4.69) is 34.9 Å². The number of rotatable bonds is 14. The van der Waals surface area contributed by atoms with Crippen molar-refractivity contribution in [3.63, 3.8) is 0 Å². The first-order valence-electron chi connectivity index (χ1n) is 13.4. The van der Waals surface area contributed by atoms with Gasteiger partial charge in [-0.1, -0.05) is 69.3 Å². The van der Waals surface area contributed by atoms with Crippen LogP contribution in [0.25, 0.3) is 11.1 Å². The number of primary amides is 1. The van der Waals surface area contributed by atoms with Crippen LogP contribution in [0.1, 0.15) is 69.9 Å². The van der Waals surface area contributed by atoms with Crippen LogP contribution in [-0.2, 0) is 19.1 Å². The fourth-order valence-corrected chi connectivity index (χ4v) is 5.03. The van der Waals surface area contributed by atoms with E-state index in [0.29, 0.717) is 12.8 Å². The molecule has 0 saturated carbocycles. The number of ether oxygens (including phenoxy) is 1. The molecular formula is C30H39N3O5. The molecule has 0 fully saturated rings. The minimum atomic E-state index is -0.822. The van der Waals surface area contributed by atoms with E-state index < -0.39 is 24.0 Å². The van der Waals surface area contributed by atoms with Gasteiger partial charge >= 0.3 is 6.09 Å². The highest BCUT2D eigenvalue weighted by molar-refractivity contribution is 5.92. The van der Waals surface area contributed by atoms with Gasteiger partial charge in [0.05, 0.1) is 6.04 Å². The van der Waals surface area contributed by atoms with Crippen LogP contribution < -0.4 is 16.4 Å². The van der Waals surface area contributed by atoms with E-state index in [-0.39, 0.29) is 55.9 Å². The summed E-state index contributed by atoms with van der Waals surface area (Å²) in [7, 11) is 0. The van der Waals surface area contributed by atoms with Gasteiger partial charge in [0.1, 0.15) is 6.61 Å². The number of nitrogens with two attached hydrogens (primary N) is 1. The van der Waals surface area contributed by atoms with Gasteiger partial charge in [-0.2, -0.15) is 0 Å². The highest BCUT2D eigenvalue weighted by Gasteiger charge is 2.30. The highest BCUT2D eigenvalue weighted by Crippen LogP contribution is 2.44. The van der Waals surface area contributed by atoms with E-state index in [1.807, 2.05) is 45.0 Å². The Kier molecular flexibility index (Phi) is 10.4. The summed E-state index contributed by atoms with van der Waals surface area (Å²) in [4.78, 5) is 49.6. The van der Waals surface area contributed by atoms with Gasteiger partial charge in [0, 0.05) is 31.2 Å². The molecule has 1 aliphatic rings. The lowest BCUT2D eigenvalue weighted by Gasteiger charge is -2.21. The number of alkyl carbamates (subject to hydrolysis) is 1. The SMILES string of the molecule is CCCC(=O)N[C@@H](CCNC(=O)OCC1c2ccccc2-c2ccccc21)C(=O)C[C@@H](CC(C)C)C(N)=O. The second-order valence-electron chi connectivity index (χ2n) is 10.3. The molecule has 2 aromatic carbocycles. The Bertz CT molecular complexity index is 1100. The molecule has 38 heavy (non-hydrogen) atoms. The van der Waals surface area contributed by atoms with E-state index in [4.69, 9.17) is 10.5 Å². The maximum absolute atomic E-state index is 13.0. The summed E-state index contributed by atoms with van der Waals surface area (Å²) in [6, 6.07) is 15.4. The topological polar surface area (TPSA) is 128 Å². The zero-order valence-corrected chi connectivity index (χ0v) is 22.5. The minimum absolute atomic E-state index is 0.0461. The standard InChI is InChI=1S/C30H39N3O5/c1-4-9-28(35)33-26(27(34)17-20(29(31)36)16-19(2)3)14-15-32-30(37)38-18-25-23-12-7-5-10-21(23)22-11-6-8-13-24(22)25/h5-8,10-13,19-20,25-26H,4,9,14-18H2,1-3H3,(H2,31,36)(H,32,37)(H,33,35)/t20-,26+/m1/s1. The van der Waals surface area contributed by atoms with Gasteiger partial charge in [0.15, 0.2) is 5.78 Å². The average Bonchev–Trinajstić information content (AvgIpc) is 3.20. The number of fused-ring (bicyclic) bond motifs is 3. The van der Waals surface area contributed by atoms with Gasteiger partial charge in [-0.3, -0.25) is 14.4 Å². The van der Waals surface area contributed by atoms with Crippen LogP contribution in [0.5, 0.6) is 0 Å². The van der Waals surface area contributed by atoms with Crippen LogP contribution in [0.2, 0.25) is 0 Å². The summed E-state index contributed by atoms with van der Waals surface area (Å²) >= 11 is 0. The number of ketones is 1. The Morgan fingerprint density at radius 3 is 2.13 bits per heavy atom. The summed E-state index contributed by atoms with van der Waals surface area (Å²) in [5.41, 5.74) is 10.1.